The Morgan fingerprint density at radius 1 is 0.625 bits per heavy atom. The molecule has 1 aliphatic rings. The molecule has 0 saturated heterocycles. The van der Waals surface area contributed by atoms with Crippen LogP contribution in [0.2, 0.25) is 0 Å². The first kappa shape index (κ1) is 18.9. The maximum Gasteiger partial charge on any atom is 0.151 e. The molecule has 0 N–H and O–H groups in total. The maximum absolute atomic E-state index is 9.61. The molecule has 148 valence electrons. The Morgan fingerprint density at radius 3 is 1.66 bits per heavy atom. The van der Waals surface area contributed by atoms with E-state index in [1.807, 2.05) is 78.9 Å². The van der Waals surface area contributed by atoms with E-state index in [0.29, 0.717) is 22.3 Å². The lowest BCUT2D eigenvalue weighted by molar-refractivity contribution is 0.477. The minimum absolute atomic E-state index is 0.292. The highest BCUT2D eigenvalue weighted by atomic mass is 16.5. The Bertz CT molecular complexity index is 1400. The number of hydrogen-bond acceptors (Lipinski definition) is 5. The first-order valence-corrected chi connectivity index (χ1v) is 9.88. The van der Waals surface area contributed by atoms with Gasteiger partial charge in [0.1, 0.15) is 0 Å². The van der Waals surface area contributed by atoms with Gasteiger partial charge in [-0.1, -0.05) is 36.4 Å². The van der Waals surface area contributed by atoms with Gasteiger partial charge in [-0.25, -0.2) is 0 Å². The third kappa shape index (κ3) is 3.01. The summed E-state index contributed by atoms with van der Waals surface area (Å²) >= 11 is 0. The van der Waals surface area contributed by atoms with Crippen molar-refractivity contribution in [1.82, 2.24) is 0 Å². The van der Waals surface area contributed by atoms with Gasteiger partial charge in [0.25, 0.3) is 0 Å². The second-order valence-corrected chi connectivity index (χ2v) is 7.20. The number of anilines is 3. The summed E-state index contributed by atoms with van der Waals surface area (Å²) in [5.74, 6) is 1.53. The minimum atomic E-state index is 0.292. The van der Waals surface area contributed by atoms with E-state index >= 15 is 0 Å². The van der Waals surface area contributed by atoms with Crippen molar-refractivity contribution < 1.29 is 4.74 Å². The summed E-state index contributed by atoms with van der Waals surface area (Å²) in [6.07, 6.45) is 0. The molecule has 4 aromatic carbocycles. The van der Waals surface area contributed by atoms with Gasteiger partial charge in [-0.15, -0.1) is 0 Å². The third-order valence-corrected chi connectivity index (χ3v) is 5.35. The van der Waals surface area contributed by atoms with Crippen molar-refractivity contribution in [1.29, 1.82) is 15.8 Å². The van der Waals surface area contributed by atoms with Gasteiger partial charge in [-0.3, -0.25) is 0 Å². The van der Waals surface area contributed by atoms with Crippen LogP contribution in [0, 0.1) is 34.0 Å². The fraction of sp³-hybridized carbons (Fsp3) is 0. The van der Waals surface area contributed by atoms with E-state index in [0.717, 1.165) is 34.1 Å². The standard InChI is InChI=1S/C27H14N4O/c28-15-18-13-20(16-29)27(21(14-18)17-30)19-9-11-22(12-10-19)31-23-5-1-3-7-25(23)32-26-8-4-2-6-24(26)31/h1-14H. The molecule has 0 saturated carbocycles. The largest absolute Gasteiger partial charge is 0.453 e. The van der Waals surface area contributed by atoms with E-state index in [1.54, 1.807) is 0 Å². The quantitative estimate of drug-likeness (QED) is 0.330. The summed E-state index contributed by atoms with van der Waals surface area (Å²) in [7, 11) is 0. The molecule has 1 aliphatic heterocycles. The Hall–Kier alpha value is -5.05. The Balaban J connectivity index is 1.64. The predicted octanol–water partition coefficient (Wildman–Crippen LogP) is 6.54. The Morgan fingerprint density at radius 2 is 1.16 bits per heavy atom. The molecule has 0 aliphatic carbocycles. The van der Waals surface area contributed by atoms with Crippen LogP contribution in [0.4, 0.5) is 17.1 Å². The highest BCUT2D eigenvalue weighted by molar-refractivity contribution is 5.87. The molecule has 0 unspecified atom stereocenters. The fourth-order valence-corrected chi connectivity index (χ4v) is 3.95. The van der Waals surface area contributed by atoms with Crippen molar-refractivity contribution in [3.8, 4) is 40.8 Å². The van der Waals surface area contributed by atoms with Crippen LogP contribution in [-0.4, -0.2) is 0 Å². The van der Waals surface area contributed by atoms with Crippen LogP contribution in [0.1, 0.15) is 16.7 Å². The summed E-state index contributed by atoms with van der Waals surface area (Å²) < 4.78 is 6.06. The number of para-hydroxylation sites is 4. The molecule has 5 heteroatoms. The van der Waals surface area contributed by atoms with E-state index in [4.69, 9.17) is 4.74 Å². The summed E-state index contributed by atoms with van der Waals surface area (Å²) in [6, 6.07) is 32.6. The number of fused-ring (bicyclic) bond motifs is 2. The molecule has 5 rings (SSSR count). The zero-order chi connectivity index (χ0) is 22.1. The minimum Gasteiger partial charge on any atom is -0.453 e. The summed E-state index contributed by atoms with van der Waals surface area (Å²) in [4.78, 5) is 2.12. The molecule has 1 heterocycles. The van der Waals surface area contributed by atoms with Gasteiger partial charge >= 0.3 is 0 Å². The van der Waals surface area contributed by atoms with Crippen molar-refractivity contribution in [2.75, 3.05) is 4.90 Å². The Kier molecular flexibility index (Phi) is 4.53. The first-order chi connectivity index (χ1) is 15.7. The van der Waals surface area contributed by atoms with Crippen molar-refractivity contribution in [3.63, 3.8) is 0 Å². The van der Waals surface area contributed by atoms with E-state index in [1.165, 1.54) is 12.1 Å². The lowest BCUT2D eigenvalue weighted by Crippen LogP contribution is -2.15. The van der Waals surface area contributed by atoms with Crippen LogP contribution < -0.4 is 9.64 Å². The van der Waals surface area contributed by atoms with Gasteiger partial charge in [0.15, 0.2) is 11.5 Å². The fourth-order valence-electron chi connectivity index (χ4n) is 3.95. The molecule has 0 atom stereocenters. The second kappa shape index (κ2) is 7.65. The van der Waals surface area contributed by atoms with Crippen LogP contribution in [0.15, 0.2) is 84.9 Å². The van der Waals surface area contributed by atoms with Crippen molar-refractivity contribution in [2.45, 2.75) is 0 Å². The number of rotatable bonds is 2. The Labute approximate surface area is 185 Å². The summed E-state index contributed by atoms with van der Waals surface area (Å²) in [5.41, 5.74) is 4.93. The SMILES string of the molecule is N#Cc1cc(C#N)c(-c2ccc(N3c4ccccc4Oc4ccccc43)cc2)c(C#N)c1. The van der Waals surface area contributed by atoms with Gasteiger partial charge in [-0.05, 0) is 54.1 Å². The normalized spacial score (nSPS) is 11.2. The number of benzene rings is 4. The lowest BCUT2D eigenvalue weighted by Gasteiger charge is -2.32. The highest BCUT2D eigenvalue weighted by Gasteiger charge is 2.25. The average molecular weight is 410 g/mol. The monoisotopic (exact) mass is 410 g/mol. The zero-order valence-corrected chi connectivity index (χ0v) is 16.8. The maximum atomic E-state index is 9.61. The second-order valence-electron chi connectivity index (χ2n) is 7.20. The molecule has 0 bridgehead atoms. The van der Waals surface area contributed by atoms with Crippen LogP contribution in [0.5, 0.6) is 11.5 Å². The lowest BCUT2D eigenvalue weighted by atomic mass is 9.93. The molecule has 0 aromatic heterocycles. The molecule has 0 amide bonds. The summed E-state index contributed by atoms with van der Waals surface area (Å²) in [6.45, 7) is 0. The predicted molar refractivity (Wildman–Crippen MR) is 121 cm³/mol. The van der Waals surface area contributed by atoms with Gasteiger partial charge in [0.2, 0.25) is 0 Å². The molecular weight excluding hydrogens is 396 g/mol. The highest BCUT2D eigenvalue weighted by Crippen LogP contribution is 2.50. The zero-order valence-electron chi connectivity index (χ0n) is 16.8. The smallest absolute Gasteiger partial charge is 0.151 e. The van der Waals surface area contributed by atoms with Gasteiger partial charge in [0, 0.05) is 11.3 Å². The van der Waals surface area contributed by atoms with Crippen LogP contribution in [0.25, 0.3) is 11.1 Å². The van der Waals surface area contributed by atoms with E-state index in [2.05, 4.69) is 17.0 Å². The average Bonchev–Trinajstić information content (AvgIpc) is 2.86. The molecule has 0 fully saturated rings. The van der Waals surface area contributed by atoms with E-state index < -0.39 is 0 Å². The number of nitriles is 3. The van der Waals surface area contributed by atoms with Crippen LogP contribution in [0.3, 0.4) is 0 Å². The first-order valence-electron chi connectivity index (χ1n) is 9.88. The number of nitrogens with zero attached hydrogens (tertiary/aromatic N) is 4. The van der Waals surface area contributed by atoms with E-state index in [-0.39, 0.29) is 0 Å². The van der Waals surface area contributed by atoms with Crippen molar-refractivity contribution in [3.05, 3.63) is 102 Å². The molecule has 32 heavy (non-hydrogen) atoms. The number of hydrogen-bond donors (Lipinski definition) is 0. The van der Waals surface area contributed by atoms with Crippen molar-refractivity contribution >= 4 is 17.1 Å². The van der Waals surface area contributed by atoms with Crippen LogP contribution >= 0.6 is 0 Å². The molecule has 5 nitrogen and oxygen atoms in total. The third-order valence-electron chi connectivity index (χ3n) is 5.35. The van der Waals surface area contributed by atoms with Crippen molar-refractivity contribution in [2.24, 2.45) is 0 Å². The molecular formula is C27H14N4O. The van der Waals surface area contributed by atoms with E-state index in [9.17, 15) is 15.8 Å². The molecule has 4 aromatic rings. The van der Waals surface area contributed by atoms with Gasteiger partial charge in [-0.2, -0.15) is 15.8 Å². The topological polar surface area (TPSA) is 83.8 Å². The molecule has 0 spiro atoms. The van der Waals surface area contributed by atoms with Gasteiger partial charge in [0.05, 0.1) is 46.3 Å². The molecule has 0 radical (unpaired) electrons. The van der Waals surface area contributed by atoms with Gasteiger partial charge < -0.3 is 9.64 Å². The summed E-state index contributed by atoms with van der Waals surface area (Å²) in [5, 5.41) is 28.4. The number of ether oxygens (including phenoxy) is 1. The van der Waals surface area contributed by atoms with Crippen LogP contribution in [-0.2, 0) is 0 Å².